The third-order valence-corrected chi connectivity index (χ3v) is 11.8. The number of fused-ring (bicyclic) bond motifs is 6. The number of rotatable bonds is 4. The topological polar surface area (TPSA) is 41.7 Å². The number of nitrogens with one attached hydrogen (secondary N) is 1. The minimum atomic E-state index is -0.732. The van der Waals surface area contributed by atoms with Gasteiger partial charge in [0.15, 0.2) is 11.5 Å². The van der Waals surface area contributed by atoms with Gasteiger partial charge in [-0.1, -0.05) is 140 Å². The number of aromatic nitrogens is 1. The van der Waals surface area contributed by atoms with Crippen LogP contribution in [0.5, 0.6) is 0 Å². The van der Waals surface area contributed by atoms with Gasteiger partial charge in [-0.15, -0.1) is 11.3 Å². The summed E-state index contributed by atoms with van der Waals surface area (Å²) >= 11 is 1.92. The quantitative estimate of drug-likeness (QED) is 0.197. The van der Waals surface area contributed by atoms with Gasteiger partial charge in [-0.2, -0.15) is 4.99 Å². The van der Waals surface area contributed by atoms with Crippen LogP contribution in [-0.4, -0.2) is 16.4 Å². The highest BCUT2D eigenvalue weighted by Gasteiger charge is 2.33. The zero-order chi connectivity index (χ0) is 34.8. The molecule has 52 heavy (non-hydrogen) atoms. The average molecular weight is 689 g/mol. The van der Waals surface area contributed by atoms with Crippen molar-refractivity contribution in [2.45, 2.75) is 25.9 Å². The van der Waals surface area contributed by atoms with Crippen molar-refractivity contribution in [2.24, 2.45) is 15.9 Å². The van der Waals surface area contributed by atoms with E-state index in [1.54, 1.807) is 0 Å². The highest BCUT2D eigenvalue weighted by molar-refractivity contribution is 7.17. The lowest BCUT2D eigenvalue weighted by Crippen LogP contribution is -2.48. The van der Waals surface area contributed by atoms with Crippen LogP contribution in [0.1, 0.15) is 37.0 Å². The molecule has 2 aromatic heterocycles. The van der Waals surface area contributed by atoms with Crippen LogP contribution in [-0.2, 0) is 5.66 Å². The first kappa shape index (κ1) is 30.8. The minimum absolute atomic E-state index is 0.478. The van der Waals surface area contributed by atoms with Gasteiger partial charge >= 0.3 is 0 Å². The average Bonchev–Trinajstić information content (AvgIpc) is 3.73. The van der Waals surface area contributed by atoms with Crippen molar-refractivity contribution in [1.82, 2.24) is 9.88 Å². The predicted molar refractivity (Wildman–Crippen MR) is 219 cm³/mol. The molecule has 4 nitrogen and oxygen atoms in total. The smallest absolute Gasteiger partial charge is 0.212 e. The molecule has 1 aliphatic heterocycles. The van der Waals surface area contributed by atoms with Crippen molar-refractivity contribution in [2.75, 3.05) is 0 Å². The first-order valence-electron chi connectivity index (χ1n) is 18.0. The maximum absolute atomic E-state index is 5.25. The molecule has 1 aliphatic carbocycles. The van der Waals surface area contributed by atoms with E-state index in [1.807, 2.05) is 35.6 Å². The van der Waals surface area contributed by atoms with Crippen LogP contribution in [0.25, 0.3) is 54.7 Å². The number of para-hydroxylation sites is 1. The minimum Gasteiger partial charge on any atom is -0.327 e. The molecular weight excluding hydrogens is 653 g/mol. The Bertz CT molecular complexity index is 2880. The van der Waals surface area contributed by atoms with E-state index >= 15 is 0 Å². The van der Waals surface area contributed by atoms with Gasteiger partial charge in [-0.25, -0.2) is 4.99 Å². The van der Waals surface area contributed by atoms with Gasteiger partial charge < -0.3 is 5.32 Å². The lowest BCUT2D eigenvalue weighted by molar-refractivity contribution is 0.449. The summed E-state index contributed by atoms with van der Waals surface area (Å²) in [6.07, 6.45) is 3.50. The first-order valence-corrected chi connectivity index (χ1v) is 18.8. The second-order valence-electron chi connectivity index (χ2n) is 14.1. The van der Waals surface area contributed by atoms with Gasteiger partial charge in [0.1, 0.15) is 0 Å². The zero-order valence-electron chi connectivity index (χ0n) is 29.0. The molecule has 250 valence electrons. The van der Waals surface area contributed by atoms with Crippen LogP contribution in [0.15, 0.2) is 162 Å². The molecule has 1 N–H and O–H groups in total. The van der Waals surface area contributed by atoms with Gasteiger partial charge in [0, 0.05) is 31.0 Å². The Labute approximate surface area is 306 Å². The van der Waals surface area contributed by atoms with Gasteiger partial charge in [0.25, 0.3) is 0 Å². The van der Waals surface area contributed by atoms with E-state index in [1.165, 1.54) is 52.9 Å². The van der Waals surface area contributed by atoms with E-state index < -0.39 is 5.66 Å². The molecule has 0 radical (unpaired) electrons. The van der Waals surface area contributed by atoms with Crippen molar-refractivity contribution in [3.63, 3.8) is 0 Å². The highest BCUT2D eigenvalue weighted by atomic mass is 32.1. The van der Waals surface area contributed by atoms with E-state index in [2.05, 4.69) is 157 Å². The molecule has 2 aliphatic rings. The summed E-state index contributed by atoms with van der Waals surface area (Å²) in [4.78, 5) is 10.5. The summed E-state index contributed by atoms with van der Waals surface area (Å²) in [5, 5.41) is 8.92. The number of hydrogen-bond donors (Lipinski definition) is 1. The fraction of sp³-hybridized carbons (Fsp3) is 0.106. The molecule has 0 spiro atoms. The number of amidine groups is 1. The van der Waals surface area contributed by atoms with Crippen molar-refractivity contribution < 1.29 is 0 Å². The number of aliphatic imine (C=N–C) groups is 2. The Kier molecular flexibility index (Phi) is 7.12. The SMILES string of the molecule is CC1C=c2c(sc3ccccc23)=C(c2cccc(-c3ccc4c5ccccc5n(C5=NC(c6ccccc6)=NC(C)(c6ccccc6)N5)c4c3)c2)C1. The van der Waals surface area contributed by atoms with Gasteiger partial charge in [-0.05, 0) is 76.6 Å². The zero-order valence-corrected chi connectivity index (χ0v) is 29.9. The molecule has 0 saturated carbocycles. The standard InChI is InChI=1S/C47H36N4S/c1-30-26-39(44-40(27-30)38-21-10-12-23-43(38)52-44)34-17-13-16-32(28-34)33-24-25-37-36-20-9-11-22-41(36)51(42(37)29-33)46-48-45(31-14-5-3-6-15-31)49-47(2,50-46)35-18-7-4-8-19-35/h3-25,27-30H,26H2,1-2H3,(H,48,49,50). The van der Waals surface area contributed by atoms with Crippen LogP contribution in [0.4, 0.5) is 0 Å². The maximum Gasteiger partial charge on any atom is 0.212 e. The Morgan fingerprint density at radius 2 is 1.33 bits per heavy atom. The molecule has 2 unspecified atom stereocenters. The largest absolute Gasteiger partial charge is 0.327 e. The molecule has 3 heterocycles. The highest BCUT2D eigenvalue weighted by Crippen LogP contribution is 2.36. The summed E-state index contributed by atoms with van der Waals surface area (Å²) in [5.74, 6) is 1.93. The maximum atomic E-state index is 5.25. The molecule has 2 atom stereocenters. The molecule has 0 amide bonds. The summed E-state index contributed by atoms with van der Waals surface area (Å²) in [6.45, 7) is 4.47. The monoisotopic (exact) mass is 688 g/mol. The molecule has 0 saturated heterocycles. The summed E-state index contributed by atoms with van der Waals surface area (Å²) in [6, 6.07) is 54.2. The second-order valence-corrected chi connectivity index (χ2v) is 15.2. The van der Waals surface area contributed by atoms with Crippen molar-refractivity contribution >= 4 is 66.7 Å². The van der Waals surface area contributed by atoms with Crippen LogP contribution in [0.2, 0.25) is 0 Å². The first-order chi connectivity index (χ1) is 25.5. The Morgan fingerprint density at radius 1 is 0.654 bits per heavy atom. The molecule has 10 rings (SSSR count). The van der Waals surface area contributed by atoms with Gasteiger partial charge in [0.2, 0.25) is 5.96 Å². The second kappa shape index (κ2) is 12.0. The van der Waals surface area contributed by atoms with Gasteiger partial charge in [0.05, 0.1) is 11.0 Å². The number of benzene rings is 6. The Hall–Kier alpha value is -6.04. The Balaban J connectivity index is 1.15. The Morgan fingerprint density at radius 3 is 2.17 bits per heavy atom. The lowest BCUT2D eigenvalue weighted by Gasteiger charge is -2.33. The van der Waals surface area contributed by atoms with E-state index in [0.29, 0.717) is 11.8 Å². The van der Waals surface area contributed by atoms with Crippen molar-refractivity contribution in [3.8, 4) is 11.1 Å². The van der Waals surface area contributed by atoms with E-state index in [-0.39, 0.29) is 0 Å². The summed E-state index contributed by atoms with van der Waals surface area (Å²) in [5.41, 5.74) is 8.63. The van der Waals surface area contributed by atoms with Crippen LogP contribution < -0.4 is 15.1 Å². The van der Waals surface area contributed by atoms with Gasteiger partial charge in [-0.3, -0.25) is 4.57 Å². The fourth-order valence-electron chi connectivity index (χ4n) is 8.06. The van der Waals surface area contributed by atoms with E-state index in [0.717, 1.165) is 34.5 Å². The molecule has 8 aromatic rings. The van der Waals surface area contributed by atoms with Crippen LogP contribution >= 0.6 is 11.3 Å². The third kappa shape index (κ3) is 5.03. The molecule has 5 heteroatoms. The normalized spacial score (nSPS) is 18.5. The molecule has 6 aromatic carbocycles. The summed E-state index contributed by atoms with van der Waals surface area (Å²) in [7, 11) is 0. The molecule has 0 bridgehead atoms. The molecular formula is C47H36N4S. The predicted octanol–water partition coefficient (Wildman–Crippen LogP) is 9.82. The number of hydrogen-bond acceptors (Lipinski definition) is 4. The third-order valence-electron chi connectivity index (χ3n) is 10.6. The number of thiophene rings is 1. The summed E-state index contributed by atoms with van der Waals surface area (Å²) < 4.78 is 5.05. The fourth-order valence-corrected chi connectivity index (χ4v) is 9.33. The van der Waals surface area contributed by atoms with Crippen molar-refractivity contribution in [3.05, 3.63) is 178 Å². The van der Waals surface area contributed by atoms with Crippen LogP contribution in [0, 0.1) is 5.92 Å². The van der Waals surface area contributed by atoms with E-state index in [4.69, 9.17) is 9.98 Å². The number of nitrogens with zero attached hydrogens (tertiary/aromatic N) is 3. The van der Waals surface area contributed by atoms with E-state index in [9.17, 15) is 0 Å². The lowest BCUT2D eigenvalue weighted by atomic mass is 9.89. The van der Waals surface area contributed by atoms with Crippen LogP contribution in [0.3, 0.4) is 0 Å². The molecule has 0 fully saturated rings. The van der Waals surface area contributed by atoms with Crippen molar-refractivity contribution in [1.29, 1.82) is 0 Å².